The summed E-state index contributed by atoms with van der Waals surface area (Å²) in [6.07, 6.45) is 0. The van der Waals surface area contributed by atoms with E-state index in [0.29, 0.717) is 15.6 Å². The number of carbonyl (C=O) groups is 1. The lowest BCUT2D eigenvalue weighted by Crippen LogP contribution is -2.10. The highest BCUT2D eigenvalue weighted by molar-refractivity contribution is 7.21. The Hall–Kier alpha value is -2.44. The molecule has 7 heteroatoms. The van der Waals surface area contributed by atoms with Gasteiger partial charge >= 0.3 is 0 Å². The number of anilines is 1. The Morgan fingerprint density at radius 3 is 2.57 bits per heavy atom. The zero-order valence-electron chi connectivity index (χ0n) is 12.0. The molecule has 0 saturated carbocycles. The second-order valence-electron chi connectivity index (χ2n) is 5.00. The van der Waals surface area contributed by atoms with Gasteiger partial charge in [-0.1, -0.05) is 23.7 Å². The average molecular weight is 347 g/mol. The lowest BCUT2D eigenvalue weighted by atomic mass is 10.2. The lowest BCUT2D eigenvalue weighted by Gasteiger charge is -2.03. The number of nitro groups is 1. The SMILES string of the molecule is Cc1ccc2c(Cl)c(C(=O)Nc3ccc([N+](=O)[O-])cc3)sc2c1. The first-order chi connectivity index (χ1) is 11.0. The third-order valence-corrected chi connectivity index (χ3v) is 4.98. The van der Waals surface area contributed by atoms with E-state index in [1.54, 1.807) is 0 Å². The maximum atomic E-state index is 12.4. The van der Waals surface area contributed by atoms with Gasteiger partial charge in [0.25, 0.3) is 11.6 Å². The van der Waals surface area contributed by atoms with Crippen LogP contribution in [0.1, 0.15) is 15.2 Å². The summed E-state index contributed by atoms with van der Waals surface area (Å²) in [5.74, 6) is -0.331. The Balaban J connectivity index is 1.88. The molecule has 116 valence electrons. The van der Waals surface area contributed by atoms with Crippen molar-refractivity contribution in [2.45, 2.75) is 6.92 Å². The molecule has 0 radical (unpaired) electrons. The Labute approximate surface area is 140 Å². The summed E-state index contributed by atoms with van der Waals surface area (Å²) < 4.78 is 0.948. The molecule has 23 heavy (non-hydrogen) atoms. The highest BCUT2D eigenvalue weighted by Crippen LogP contribution is 2.36. The summed E-state index contributed by atoms with van der Waals surface area (Å²) in [6.45, 7) is 1.98. The fourth-order valence-electron chi connectivity index (χ4n) is 2.17. The molecule has 0 bridgehead atoms. The number of non-ortho nitro benzene ring substituents is 1. The van der Waals surface area contributed by atoms with Gasteiger partial charge in [0.1, 0.15) is 4.88 Å². The molecule has 0 aliphatic heterocycles. The van der Waals surface area contributed by atoms with Gasteiger partial charge < -0.3 is 5.32 Å². The predicted octanol–water partition coefficient (Wildman–Crippen LogP) is 5.02. The van der Waals surface area contributed by atoms with Gasteiger partial charge in [-0.05, 0) is 30.7 Å². The maximum Gasteiger partial charge on any atom is 0.269 e. The van der Waals surface area contributed by atoms with E-state index in [1.807, 2.05) is 25.1 Å². The molecule has 3 aromatic rings. The van der Waals surface area contributed by atoms with E-state index in [1.165, 1.54) is 35.6 Å². The lowest BCUT2D eigenvalue weighted by molar-refractivity contribution is -0.384. The van der Waals surface area contributed by atoms with E-state index in [-0.39, 0.29) is 11.6 Å². The molecular weight excluding hydrogens is 336 g/mol. The van der Waals surface area contributed by atoms with Crippen LogP contribution in [0.25, 0.3) is 10.1 Å². The van der Waals surface area contributed by atoms with Crippen LogP contribution in [0.2, 0.25) is 5.02 Å². The first-order valence-corrected chi connectivity index (χ1v) is 7.89. The highest BCUT2D eigenvalue weighted by atomic mass is 35.5. The largest absolute Gasteiger partial charge is 0.321 e. The van der Waals surface area contributed by atoms with Crippen molar-refractivity contribution >= 4 is 50.3 Å². The molecule has 1 amide bonds. The van der Waals surface area contributed by atoms with Crippen molar-refractivity contribution in [1.29, 1.82) is 0 Å². The van der Waals surface area contributed by atoms with E-state index in [9.17, 15) is 14.9 Å². The van der Waals surface area contributed by atoms with Crippen molar-refractivity contribution in [3.63, 3.8) is 0 Å². The molecule has 3 rings (SSSR count). The minimum Gasteiger partial charge on any atom is -0.321 e. The normalized spacial score (nSPS) is 10.7. The highest BCUT2D eigenvalue weighted by Gasteiger charge is 2.17. The zero-order valence-corrected chi connectivity index (χ0v) is 13.6. The topological polar surface area (TPSA) is 72.2 Å². The van der Waals surface area contributed by atoms with Crippen molar-refractivity contribution < 1.29 is 9.72 Å². The number of nitrogens with one attached hydrogen (secondary N) is 1. The van der Waals surface area contributed by atoms with Crippen LogP contribution >= 0.6 is 22.9 Å². The molecule has 5 nitrogen and oxygen atoms in total. The quantitative estimate of drug-likeness (QED) is 0.534. The summed E-state index contributed by atoms with van der Waals surface area (Å²) in [5, 5.41) is 14.6. The number of amides is 1. The molecule has 0 unspecified atom stereocenters. The Kier molecular flexibility index (Phi) is 4.02. The van der Waals surface area contributed by atoms with Crippen LogP contribution in [0.15, 0.2) is 42.5 Å². The summed E-state index contributed by atoms with van der Waals surface area (Å²) in [7, 11) is 0. The monoisotopic (exact) mass is 346 g/mol. The number of carbonyl (C=O) groups excluding carboxylic acids is 1. The van der Waals surface area contributed by atoms with Crippen LogP contribution in [0, 0.1) is 17.0 Å². The molecule has 0 atom stereocenters. The van der Waals surface area contributed by atoms with Crippen LogP contribution in [-0.4, -0.2) is 10.8 Å². The van der Waals surface area contributed by atoms with E-state index >= 15 is 0 Å². The fourth-order valence-corrected chi connectivity index (χ4v) is 3.68. The van der Waals surface area contributed by atoms with E-state index in [2.05, 4.69) is 5.32 Å². The molecule has 0 spiro atoms. The van der Waals surface area contributed by atoms with Crippen LogP contribution in [0.4, 0.5) is 11.4 Å². The van der Waals surface area contributed by atoms with Gasteiger partial charge in [-0.15, -0.1) is 11.3 Å². The second kappa shape index (κ2) is 5.98. The van der Waals surface area contributed by atoms with Crippen molar-refractivity contribution in [1.82, 2.24) is 0 Å². The van der Waals surface area contributed by atoms with Crippen LogP contribution < -0.4 is 5.32 Å². The standard InChI is InChI=1S/C16H11ClN2O3S/c1-9-2-7-12-13(8-9)23-15(14(12)17)16(20)18-10-3-5-11(6-4-10)19(21)22/h2-8H,1H3,(H,18,20). The van der Waals surface area contributed by atoms with Gasteiger partial charge in [0.2, 0.25) is 0 Å². The minimum absolute atomic E-state index is 0.0293. The third kappa shape index (κ3) is 3.04. The van der Waals surface area contributed by atoms with E-state index < -0.39 is 4.92 Å². The Morgan fingerprint density at radius 2 is 1.91 bits per heavy atom. The summed E-state index contributed by atoms with van der Waals surface area (Å²) in [4.78, 5) is 23.0. The molecule has 1 heterocycles. The molecule has 0 aliphatic rings. The van der Waals surface area contributed by atoms with E-state index in [0.717, 1.165) is 15.6 Å². The van der Waals surface area contributed by atoms with Crippen molar-refractivity contribution in [2.24, 2.45) is 0 Å². The zero-order chi connectivity index (χ0) is 16.6. The van der Waals surface area contributed by atoms with Gasteiger partial charge in [0, 0.05) is 27.9 Å². The number of fused-ring (bicyclic) bond motifs is 1. The summed E-state index contributed by atoms with van der Waals surface area (Å²) in [5.41, 5.74) is 1.54. The maximum absolute atomic E-state index is 12.4. The molecule has 1 aromatic heterocycles. The summed E-state index contributed by atoms with van der Waals surface area (Å²) >= 11 is 7.62. The van der Waals surface area contributed by atoms with E-state index in [4.69, 9.17) is 11.6 Å². The fraction of sp³-hybridized carbons (Fsp3) is 0.0625. The van der Waals surface area contributed by atoms with Gasteiger partial charge in [-0.2, -0.15) is 0 Å². The molecular formula is C16H11ClN2O3S. The first kappa shape index (κ1) is 15.5. The minimum atomic E-state index is -0.489. The third-order valence-electron chi connectivity index (χ3n) is 3.33. The Morgan fingerprint density at radius 1 is 1.22 bits per heavy atom. The molecule has 0 saturated heterocycles. The van der Waals surface area contributed by atoms with Crippen LogP contribution in [-0.2, 0) is 0 Å². The smallest absolute Gasteiger partial charge is 0.269 e. The second-order valence-corrected chi connectivity index (χ2v) is 6.43. The Bertz CT molecular complexity index is 919. The van der Waals surface area contributed by atoms with Crippen LogP contribution in [0.5, 0.6) is 0 Å². The number of nitrogens with zero attached hydrogens (tertiary/aromatic N) is 1. The number of hydrogen-bond donors (Lipinski definition) is 1. The number of halogens is 1. The molecule has 2 aromatic carbocycles. The van der Waals surface area contributed by atoms with Crippen molar-refractivity contribution in [3.05, 3.63) is 68.0 Å². The number of aryl methyl sites for hydroxylation is 1. The molecule has 0 fully saturated rings. The average Bonchev–Trinajstić information content (AvgIpc) is 2.84. The number of rotatable bonds is 3. The van der Waals surface area contributed by atoms with Gasteiger partial charge in [-0.3, -0.25) is 14.9 Å². The van der Waals surface area contributed by atoms with Gasteiger partial charge in [0.15, 0.2) is 0 Å². The van der Waals surface area contributed by atoms with Gasteiger partial charge in [-0.25, -0.2) is 0 Å². The van der Waals surface area contributed by atoms with Crippen molar-refractivity contribution in [2.75, 3.05) is 5.32 Å². The number of thiophene rings is 1. The van der Waals surface area contributed by atoms with Crippen LogP contribution in [0.3, 0.4) is 0 Å². The molecule has 1 N–H and O–H groups in total. The van der Waals surface area contributed by atoms with Gasteiger partial charge in [0.05, 0.1) is 9.95 Å². The number of nitro benzene ring substituents is 1. The number of benzene rings is 2. The predicted molar refractivity (Wildman–Crippen MR) is 92.6 cm³/mol. The number of hydrogen-bond acceptors (Lipinski definition) is 4. The molecule has 0 aliphatic carbocycles. The summed E-state index contributed by atoms with van der Waals surface area (Å²) in [6, 6.07) is 11.5. The first-order valence-electron chi connectivity index (χ1n) is 6.70. The van der Waals surface area contributed by atoms with Crippen molar-refractivity contribution in [3.8, 4) is 0 Å².